The quantitative estimate of drug-likeness (QED) is 0.524. The molecule has 1 aromatic carbocycles. The highest BCUT2D eigenvalue weighted by Crippen LogP contribution is 2.29. The molecule has 16 heavy (non-hydrogen) atoms. The highest BCUT2D eigenvalue weighted by atomic mass is 16.2. The fraction of sp³-hybridized carbons (Fsp3) is 0.231. The van der Waals surface area contributed by atoms with Crippen LogP contribution in [-0.2, 0) is 4.79 Å². The predicted molar refractivity (Wildman–Crippen MR) is 61.3 cm³/mol. The molecule has 1 aliphatic heterocycles. The number of Topliss-reactive ketones (excluding diaryl/α,β-unsaturated/α-hetero) is 1. The van der Waals surface area contributed by atoms with Crippen LogP contribution in [-0.4, -0.2) is 18.2 Å². The van der Waals surface area contributed by atoms with Crippen molar-refractivity contribution in [3.63, 3.8) is 0 Å². The van der Waals surface area contributed by atoms with Crippen LogP contribution >= 0.6 is 0 Å². The molecule has 0 aliphatic carbocycles. The third-order valence-corrected chi connectivity index (χ3v) is 2.54. The Balaban J connectivity index is 2.48. The Labute approximate surface area is 94.1 Å². The van der Waals surface area contributed by atoms with Gasteiger partial charge in [0.05, 0.1) is 17.8 Å². The molecule has 0 unspecified atom stereocenters. The molecule has 1 amide bonds. The molecule has 3 nitrogen and oxygen atoms in total. The number of carbonyl (C=O) groups is 2. The zero-order valence-corrected chi connectivity index (χ0v) is 9.20. The minimum atomic E-state index is -0.483. The monoisotopic (exact) mass is 213 g/mol. The molecule has 0 bridgehead atoms. The van der Waals surface area contributed by atoms with Gasteiger partial charge in [0, 0.05) is 0 Å². The fourth-order valence-corrected chi connectivity index (χ4v) is 1.73. The smallest absolute Gasteiger partial charge is 0.293 e. The molecule has 0 atom stereocenters. The summed E-state index contributed by atoms with van der Waals surface area (Å²) in [6.07, 6.45) is 0. The van der Waals surface area contributed by atoms with Gasteiger partial charge in [-0.15, -0.1) is 5.92 Å². The molecule has 0 N–H and O–H groups in total. The zero-order valence-electron chi connectivity index (χ0n) is 9.20. The van der Waals surface area contributed by atoms with Gasteiger partial charge in [0.25, 0.3) is 11.7 Å². The predicted octanol–water partition coefficient (Wildman–Crippen LogP) is 1.55. The van der Waals surface area contributed by atoms with Crippen LogP contribution in [0.5, 0.6) is 0 Å². The SMILES string of the molecule is CC#CCN1C(=O)C(=O)c2cc(C)ccc21. The molecule has 0 aromatic heterocycles. The second kappa shape index (κ2) is 3.82. The largest absolute Gasteiger partial charge is 0.300 e. The van der Waals surface area contributed by atoms with E-state index >= 15 is 0 Å². The van der Waals surface area contributed by atoms with E-state index in [0.717, 1.165) is 5.56 Å². The van der Waals surface area contributed by atoms with Crippen molar-refractivity contribution < 1.29 is 9.59 Å². The summed E-state index contributed by atoms with van der Waals surface area (Å²) in [5, 5.41) is 0. The molecule has 80 valence electrons. The molecule has 0 saturated heterocycles. The molecule has 1 aliphatic rings. The third-order valence-electron chi connectivity index (χ3n) is 2.54. The van der Waals surface area contributed by atoms with Crippen molar-refractivity contribution in [2.24, 2.45) is 0 Å². The van der Waals surface area contributed by atoms with E-state index in [1.165, 1.54) is 4.90 Å². The van der Waals surface area contributed by atoms with E-state index in [9.17, 15) is 9.59 Å². The average molecular weight is 213 g/mol. The van der Waals surface area contributed by atoms with E-state index < -0.39 is 11.7 Å². The van der Waals surface area contributed by atoms with Crippen LogP contribution in [0.25, 0.3) is 0 Å². The molecule has 0 saturated carbocycles. The zero-order chi connectivity index (χ0) is 11.7. The standard InChI is InChI=1S/C13H11NO2/c1-3-4-7-14-11-6-5-9(2)8-10(11)12(15)13(14)16/h5-6,8H,7H2,1-2H3. The second-order valence-corrected chi connectivity index (χ2v) is 3.67. The second-order valence-electron chi connectivity index (χ2n) is 3.67. The average Bonchev–Trinajstić information content (AvgIpc) is 2.50. The number of hydrogen-bond donors (Lipinski definition) is 0. The molecular weight excluding hydrogens is 202 g/mol. The first-order valence-electron chi connectivity index (χ1n) is 5.01. The van der Waals surface area contributed by atoms with E-state index in [1.54, 1.807) is 19.1 Å². The van der Waals surface area contributed by atoms with E-state index in [1.807, 2.05) is 13.0 Å². The van der Waals surface area contributed by atoms with Crippen LogP contribution < -0.4 is 4.90 Å². The molecule has 3 heteroatoms. The van der Waals surface area contributed by atoms with Crippen LogP contribution in [0.1, 0.15) is 22.8 Å². The number of hydrogen-bond acceptors (Lipinski definition) is 2. The van der Waals surface area contributed by atoms with Crippen LogP contribution in [0.2, 0.25) is 0 Å². The lowest BCUT2D eigenvalue weighted by atomic mass is 10.1. The molecule has 1 aromatic rings. The maximum atomic E-state index is 11.7. The number of carbonyl (C=O) groups excluding carboxylic acids is 2. The van der Waals surface area contributed by atoms with Crippen molar-refractivity contribution >= 4 is 17.4 Å². The van der Waals surface area contributed by atoms with Crippen molar-refractivity contribution in [1.82, 2.24) is 0 Å². The first-order valence-corrected chi connectivity index (χ1v) is 5.01. The summed E-state index contributed by atoms with van der Waals surface area (Å²) in [7, 11) is 0. The summed E-state index contributed by atoms with van der Waals surface area (Å²) in [5.41, 5.74) is 2.13. The lowest BCUT2D eigenvalue weighted by Crippen LogP contribution is -2.29. The van der Waals surface area contributed by atoms with Gasteiger partial charge < -0.3 is 0 Å². The van der Waals surface area contributed by atoms with E-state index in [4.69, 9.17) is 0 Å². The van der Waals surface area contributed by atoms with Gasteiger partial charge in [0.15, 0.2) is 0 Å². The summed E-state index contributed by atoms with van der Waals surface area (Å²) in [4.78, 5) is 24.8. The Morgan fingerprint density at radius 2 is 2.06 bits per heavy atom. The van der Waals surface area contributed by atoms with Gasteiger partial charge in [-0.3, -0.25) is 14.5 Å². The highest BCUT2D eigenvalue weighted by Gasteiger charge is 2.34. The van der Waals surface area contributed by atoms with E-state index in [-0.39, 0.29) is 6.54 Å². The Kier molecular flexibility index (Phi) is 2.49. The summed E-state index contributed by atoms with van der Waals surface area (Å²) >= 11 is 0. The van der Waals surface area contributed by atoms with Gasteiger partial charge in [0.2, 0.25) is 0 Å². The first kappa shape index (κ1) is 10.4. The van der Waals surface area contributed by atoms with E-state index in [0.29, 0.717) is 11.3 Å². The maximum absolute atomic E-state index is 11.7. The number of ketones is 1. The maximum Gasteiger partial charge on any atom is 0.300 e. The summed E-state index contributed by atoms with van der Waals surface area (Å²) in [5.74, 6) is 4.60. The molecule has 0 fully saturated rings. The topological polar surface area (TPSA) is 37.4 Å². The van der Waals surface area contributed by atoms with Gasteiger partial charge in [-0.2, -0.15) is 0 Å². The summed E-state index contributed by atoms with van der Waals surface area (Å²) < 4.78 is 0. The van der Waals surface area contributed by atoms with Gasteiger partial charge in [-0.1, -0.05) is 17.6 Å². The number of fused-ring (bicyclic) bond motifs is 1. The number of benzene rings is 1. The van der Waals surface area contributed by atoms with Crippen molar-refractivity contribution in [3.8, 4) is 11.8 Å². The molecule has 0 spiro atoms. The Hall–Kier alpha value is -2.08. The Morgan fingerprint density at radius 1 is 1.31 bits per heavy atom. The van der Waals surface area contributed by atoms with Gasteiger partial charge in [-0.25, -0.2) is 0 Å². The fourth-order valence-electron chi connectivity index (χ4n) is 1.73. The third kappa shape index (κ3) is 1.49. The Bertz CT molecular complexity index is 535. The van der Waals surface area contributed by atoms with Crippen molar-refractivity contribution in [2.75, 3.05) is 11.4 Å². The highest BCUT2D eigenvalue weighted by molar-refractivity contribution is 6.52. The van der Waals surface area contributed by atoms with Crippen molar-refractivity contribution in [1.29, 1.82) is 0 Å². The number of amides is 1. The normalized spacial score (nSPS) is 13.5. The van der Waals surface area contributed by atoms with Crippen LogP contribution in [0, 0.1) is 18.8 Å². The van der Waals surface area contributed by atoms with Crippen molar-refractivity contribution in [3.05, 3.63) is 29.3 Å². The van der Waals surface area contributed by atoms with Crippen molar-refractivity contribution in [2.45, 2.75) is 13.8 Å². The first-order chi connectivity index (χ1) is 7.65. The minimum absolute atomic E-state index is 0.275. The van der Waals surface area contributed by atoms with Crippen LogP contribution in [0.15, 0.2) is 18.2 Å². The molecule has 0 radical (unpaired) electrons. The lowest BCUT2D eigenvalue weighted by molar-refractivity contribution is -0.114. The molecular formula is C13H11NO2. The lowest BCUT2D eigenvalue weighted by Gasteiger charge is -2.12. The number of rotatable bonds is 1. The van der Waals surface area contributed by atoms with E-state index in [2.05, 4.69) is 11.8 Å². The minimum Gasteiger partial charge on any atom is -0.293 e. The number of aryl methyl sites for hydroxylation is 1. The summed E-state index contributed by atoms with van der Waals surface area (Å²) in [6, 6.07) is 5.43. The Morgan fingerprint density at radius 3 is 2.75 bits per heavy atom. The van der Waals surface area contributed by atoms with Crippen LogP contribution in [0.3, 0.4) is 0 Å². The van der Waals surface area contributed by atoms with Gasteiger partial charge >= 0.3 is 0 Å². The van der Waals surface area contributed by atoms with Gasteiger partial charge in [0.1, 0.15) is 0 Å². The van der Waals surface area contributed by atoms with Gasteiger partial charge in [-0.05, 0) is 26.0 Å². The number of nitrogens with zero attached hydrogens (tertiary/aromatic N) is 1. The molecule has 2 rings (SSSR count). The number of anilines is 1. The summed E-state index contributed by atoms with van der Waals surface area (Å²) in [6.45, 7) is 3.88. The van der Waals surface area contributed by atoms with Crippen LogP contribution in [0.4, 0.5) is 5.69 Å². The molecule has 1 heterocycles.